The number of ether oxygens (including phenoxy) is 3. The highest BCUT2D eigenvalue weighted by molar-refractivity contribution is 5.96. The first kappa shape index (κ1) is 16.5. The van der Waals surface area contributed by atoms with Crippen molar-refractivity contribution in [1.82, 2.24) is 5.32 Å². The fraction of sp³-hybridized carbons (Fsp3) is 0.235. The Hall–Kier alpha value is -2.89. The zero-order valence-corrected chi connectivity index (χ0v) is 13.3. The lowest BCUT2D eigenvalue weighted by molar-refractivity contribution is 0.0948. The van der Waals surface area contributed by atoms with Crippen LogP contribution in [-0.2, 0) is 6.54 Å². The van der Waals surface area contributed by atoms with E-state index in [1.165, 1.54) is 27.4 Å². The summed E-state index contributed by atoms with van der Waals surface area (Å²) in [4.78, 5) is 12.1. The van der Waals surface area contributed by atoms with E-state index < -0.39 is 0 Å². The predicted molar refractivity (Wildman–Crippen MR) is 85.4 cm³/mol. The lowest BCUT2D eigenvalue weighted by atomic mass is 10.1. The topological polar surface area (TPSA) is 77.0 Å². The van der Waals surface area contributed by atoms with Crippen molar-refractivity contribution in [2.75, 3.05) is 21.3 Å². The molecule has 0 aliphatic rings. The Balaban J connectivity index is 2.17. The molecule has 2 rings (SSSR count). The Kier molecular flexibility index (Phi) is 5.30. The quantitative estimate of drug-likeness (QED) is 0.855. The van der Waals surface area contributed by atoms with Gasteiger partial charge in [0.25, 0.3) is 5.91 Å². The average Bonchev–Trinajstić information content (AvgIpc) is 2.58. The lowest BCUT2D eigenvalue weighted by Crippen LogP contribution is -2.22. The largest absolute Gasteiger partial charge is 0.507 e. The molecule has 0 spiro atoms. The number of aromatic hydroxyl groups is 1. The zero-order chi connectivity index (χ0) is 16.8. The molecule has 6 nitrogen and oxygen atoms in total. The van der Waals surface area contributed by atoms with Crippen LogP contribution in [0.5, 0.6) is 23.0 Å². The fourth-order valence-corrected chi connectivity index (χ4v) is 2.18. The van der Waals surface area contributed by atoms with Crippen LogP contribution in [-0.4, -0.2) is 32.3 Å². The van der Waals surface area contributed by atoms with E-state index >= 15 is 0 Å². The molecule has 0 saturated carbocycles. The molecule has 2 aromatic carbocycles. The van der Waals surface area contributed by atoms with Gasteiger partial charge in [-0.25, -0.2) is 0 Å². The molecule has 0 radical (unpaired) electrons. The predicted octanol–water partition coefficient (Wildman–Crippen LogP) is 2.35. The monoisotopic (exact) mass is 317 g/mol. The first-order valence-corrected chi connectivity index (χ1v) is 6.95. The first-order chi connectivity index (χ1) is 11.1. The Morgan fingerprint density at radius 2 is 1.65 bits per heavy atom. The molecule has 0 fully saturated rings. The highest BCUT2D eigenvalue weighted by Gasteiger charge is 2.14. The number of carbonyl (C=O) groups is 1. The Morgan fingerprint density at radius 1 is 1.04 bits per heavy atom. The summed E-state index contributed by atoms with van der Waals surface area (Å²) in [5.41, 5.74) is 1.00. The van der Waals surface area contributed by atoms with Crippen LogP contribution in [0.4, 0.5) is 0 Å². The molecule has 0 aromatic heterocycles. The van der Waals surface area contributed by atoms with Crippen LogP contribution >= 0.6 is 0 Å². The molecule has 0 heterocycles. The number of hydrogen-bond donors (Lipinski definition) is 2. The lowest BCUT2D eigenvalue weighted by Gasteiger charge is -2.14. The number of phenolic OH excluding ortho intramolecular Hbond substituents is 1. The Morgan fingerprint density at radius 3 is 2.17 bits per heavy atom. The van der Waals surface area contributed by atoms with E-state index in [1.54, 1.807) is 30.3 Å². The number of amides is 1. The summed E-state index contributed by atoms with van der Waals surface area (Å²) in [7, 11) is 4.59. The molecule has 0 aliphatic heterocycles. The van der Waals surface area contributed by atoms with Crippen LogP contribution in [0.3, 0.4) is 0 Å². The number of rotatable bonds is 6. The van der Waals surface area contributed by atoms with Gasteiger partial charge < -0.3 is 24.6 Å². The number of phenols is 1. The van der Waals surface area contributed by atoms with Gasteiger partial charge in [0.05, 0.1) is 26.9 Å². The standard InChI is InChI=1S/C17H19NO5/c1-21-14-8-11(9-15(22-2)16(14)23-3)10-18-17(20)12-6-4-5-7-13(12)19/h4-9,19H,10H2,1-3H3,(H,18,20). The number of nitrogens with one attached hydrogen (secondary N) is 1. The van der Waals surface area contributed by atoms with Crippen LogP contribution < -0.4 is 19.5 Å². The SMILES string of the molecule is COc1cc(CNC(=O)c2ccccc2O)cc(OC)c1OC. The van der Waals surface area contributed by atoms with E-state index in [1.807, 2.05) is 0 Å². The molecule has 0 unspecified atom stereocenters. The minimum absolute atomic E-state index is 0.0603. The molecule has 122 valence electrons. The van der Waals surface area contributed by atoms with Crippen molar-refractivity contribution in [3.63, 3.8) is 0 Å². The van der Waals surface area contributed by atoms with Crippen LogP contribution in [0.2, 0.25) is 0 Å². The van der Waals surface area contributed by atoms with Gasteiger partial charge in [0.1, 0.15) is 5.75 Å². The molecular weight excluding hydrogens is 298 g/mol. The van der Waals surface area contributed by atoms with E-state index in [2.05, 4.69) is 5.32 Å². The second-order valence-electron chi connectivity index (χ2n) is 4.73. The van der Waals surface area contributed by atoms with Gasteiger partial charge in [-0.1, -0.05) is 12.1 Å². The zero-order valence-electron chi connectivity index (χ0n) is 13.3. The highest BCUT2D eigenvalue weighted by atomic mass is 16.5. The van der Waals surface area contributed by atoms with Crippen LogP contribution in [0, 0.1) is 0 Å². The van der Waals surface area contributed by atoms with Gasteiger partial charge in [-0.15, -0.1) is 0 Å². The third-order valence-electron chi connectivity index (χ3n) is 3.33. The summed E-state index contributed by atoms with van der Waals surface area (Å²) in [6.45, 7) is 0.254. The normalized spacial score (nSPS) is 10.0. The molecule has 0 saturated heterocycles. The van der Waals surface area contributed by atoms with Gasteiger partial charge >= 0.3 is 0 Å². The van der Waals surface area contributed by atoms with E-state index in [4.69, 9.17) is 14.2 Å². The molecule has 2 N–H and O–H groups in total. The Labute approximate surface area is 134 Å². The molecule has 23 heavy (non-hydrogen) atoms. The average molecular weight is 317 g/mol. The van der Waals surface area contributed by atoms with E-state index in [0.717, 1.165) is 5.56 Å². The molecule has 2 aromatic rings. The van der Waals surface area contributed by atoms with E-state index in [9.17, 15) is 9.90 Å². The summed E-state index contributed by atoms with van der Waals surface area (Å²) < 4.78 is 15.8. The van der Waals surface area contributed by atoms with Gasteiger partial charge in [-0.2, -0.15) is 0 Å². The van der Waals surface area contributed by atoms with E-state index in [-0.39, 0.29) is 23.8 Å². The van der Waals surface area contributed by atoms with Gasteiger partial charge in [-0.3, -0.25) is 4.79 Å². The summed E-state index contributed by atoms with van der Waals surface area (Å²) in [6.07, 6.45) is 0. The van der Waals surface area contributed by atoms with Gasteiger partial charge in [0, 0.05) is 6.54 Å². The summed E-state index contributed by atoms with van der Waals surface area (Å²) in [5, 5.41) is 12.4. The second kappa shape index (κ2) is 7.40. The van der Waals surface area contributed by atoms with Gasteiger partial charge in [0.15, 0.2) is 11.5 Å². The summed E-state index contributed by atoms with van der Waals surface area (Å²) >= 11 is 0. The van der Waals surface area contributed by atoms with Crippen molar-refractivity contribution in [1.29, 1.82) is 0 Å². The maximum Gasteiger partial charge on any atom is 0.255 e. The minimum atomic E-state index is -0.364. The molecule has 1 amide bonds. The van der Waals surface area contributed by atoms with Crippen molar-refractivity contribution < 1.29 is 24.1 Å². The van der Waals surface area contributed by atoms with Crippen LogP contribution in [0.1, 0.15) is 15.9 Å². The molecule has 0 atom stereocenters. The third kappa shape index (κ3) is 3.66. The van der Waals surface area contributed by atoms with E-state index in [0.29, 0.717) is 17.2 Å². The number of methoxy groups -OCH3 is 3. The van der Waals surface area contributed by atoms with Crippen LogP contribution in [0.25, 0.3) is 0 Å². The molecular formula is C17H19NO5. The fourth-order valence-electron chi connectivity index (χ4n) is 2.18. The van der Waals surface area contributed by atoms with Crippen LogP contribution in [0.15, 0.2) is 36.4 Å². The number of para-hydroxylation sites is 1. The molecule has 0 aliphatic carbocycles. The van der Waals surface area contributed by atoms with Crippen molar-refractivity contribution in [2.45, 2.75) is 6.54 Å². The van der Waals surface area contributed by atoms with Crippen molar-refractivity contribution in [2.24, 2.45) is 0 Å². The number of carbonyl (C=O) groups excluding carboxylic acids is 1. The molecule has 6 heteroatoms. The third-order valence-corrected chi connectivity index (χ3v) is 3.33. The highest BCUT2D eigenvalue weighted by Crippen LogP contribution is 2.38. The van der Waals surface area contributed by atoms with Crippen molar-refractivity contribution >= 4 is 5.91 Å². The minimum Gasteiger partial charge on any atom is -0.507 e. The van der Waals surface area contributed by atoms with Gasteiger partial charge in [0.2, 0.25) is 5.75 Å². The maximum absolute atomic E-state index is 12.1. The summed E-state index contributed by atoms with van der Waals surface area (Å²) in [6, 6.07) is 9.88. The second-order valence-corrected chi connectivity index (χ2v) is 4.73. The van der Waals surface area contributed by atoms with Crippen molar-refractivity contribution in [3.05, 3.63) is 47.5 Å². The summed E-state index contributed by atoms with van der Waals surface area (Å²) in [5.74, 6) is 1.09. The maximum atomic E-state index is 12.1. The molecule has 0 bridgehead atoms. The smallest absolute Gasteiger partial charge is 0.255 e. The first-order valence-electron chi connectivity index (χ1n) is 6.95. The number of hydrogen-bond acceptors (Lipinski definition) is 5. The number of benzene rings is 2. The Bertz CT molecular complexity index is 674. The van der Waals surface area contributed by atoms with Crippen molar-refractivity contribution in [3.8, 4) is 23.0 Å². The van der Waals surface area contributed by atoms with Gasteiger partial charge in [-0.05, 0) is 29.8 Å².